The van der Waals surface area contributed by atoms with E-state index in [0.717, 1.165) is 12.2 Å². The Morgan fingerprint density at radius 3 is 2.80 bits per heavy atom. The van der Waals surface area contributed by atoms with E-state index < -0.39 is 0 Å². The summed E-state index contributed by atoms with van der Waals surface area (Å²) in [5.74, 6) is 0. The molecule has 0 bridgehead atoms. The maximum absolute atomic E-state index is 8.96. The van der Waals surface area contributed by atoms with E-state index in [1.54, 1.807) is 6.20 Å². The van der Waals surface area contributed by atoms with Crippen LogP contribution in [0.15, 0.2) is 24.4 Å². The van der Waals surface area contributed by atoms with Crippen LogP contribution in [-0.4, -0.2) is 41.2 Å². The smallest absolute Gasteiger partial charge is 0.0645 e. The maximum Gasteiger partial charge on any atom is 0.0645 e. The van der Waals surface area contributed by atoms with Gasteiger partial charge in [-0.15, -0.1) is 0 Å². The van der Waals surface area contributed by atoms with Gasteiger partial charge in [-0.25, -0.2) is 0 Å². The molecule has 1 unspecified atom stereocenters. The van der Waals surface area contributed by atoms with Crippen molar-refractivity contribution in [2.24, 2.45) is 5.73 Å². The first-order valence-corrected chi connectivity index (χ1v) is 5.29. The van der Waals surface area contributed by atoms with E-state index in [1.807, 2.05) is 18.2 Å². The van der Waals surface area contributed by atoms with Crippen LogP contribution in [0.4, 0.5) is 0 Å². The van der Waals surface area contributed by atoms with Crippen LogP contribution in [0.1, 0.15) is 18.7 Å². The monoisotopic (exact) mass is 209 g/mol. The lowest BCUT2D eigenvalue weighted by atomic mass is 10.1. The Hall–Kier alpha value is -0.970. The molecule has 0 aliphatic carbocycles. The molecule has 0 saturated heterocycles. The van der Waals surface area contributed by atoms with Gasteiger partial charge in [-0.3, -0.25) is 9.88 Å². The zero-order valence-electron chi connectivity index (χ0n) is 9.13. The van der Waals surface area contributed by atoms with Crippen LogP contribution in [0.5, 0.6) is 0 Å². The first-order chi connectivity index (χ1) is 7.33. The molecule has 0 aliphatic rings. The van der Waals surface area contributed by atoms with Crippen molar-refractivity contribution in [3.05, 3.63) is 30.1 Å². The van der Waals surface area contributed by atoms with Crippen LogP contribution in [0, 0.1) is 0 Å². The second kappa shape index (κ2) is 6.50. The minimum Gasteiger partial charge on any atom is -0.395 e. The van der Waals surface area contributed by atoms with Crippen molar-refractivity contribution in [1.82, 2.24) is 9.88 Å². The van der Waals surface area contributed by atoms with E-state index in [2.05, 4.69) is 16.8 Å². The average molecular weight is 209 g/mol. The highest BCUT2D eigenvalue weighted by atomic mass is 16.3. The summed E-state index contributed by atoms with van der Waals surface area (Å²) in [6, 6.07) is 5.91. The van der Waals surface area contributed by atoms with E-state index in [0.29, 0.717) is 13.1 Å². The summed E-state index contributed by atoms with van der Waals surface area (Å²) in [7, 11) is 0. The van der Waals surface area contributed by atoms with E-state index in [-0.39, 0.29) is 12.6 Å². The largest absolute Gasteiger partial charge is 0.395 e. The topological polar surface area (TPSA) is 62.4 Å². The van der Waals surface area contributed by atoms with Crippen LogP contribution in [-0.2, 0) is 0 Å². The Balaban J connectivity index is 2.77. The SMILES string of the molecule is CCN(CCO)C(CN)c1ccccn1. The molecule has 0 aromatic carbocycles. The van der Waals surface area contributed by atoms with Gasteiger partial charge in [0.05, 0.1) is 18.3 Å². The molecule has 3 N–H and O–H groups in total. The number of likely N-dealkylation sites (N-methyl/N-ethyl adjacent to an activating group) is 1. The van der Waals surface area contributed by atoms with Crippen LogP contribution in [0.3, 0.4) is 0 Å². The molecule has 0 spiro atoms. The summed E-state index contributed by atoms with van der Waals surface area (Å²) < 4.78 is 0. The summed E-state index contributed by atoms with van der Waals surface area (Å²) >= 11 is 0. The predicted molar refractivity (Wildman–Crippen MR) is 60.4 cm³/mol. The lowest BCUT2D eigenvalue weighted by molar-refractivity contribution is 0.158. The van der Waals surface area contributed by atoms with Crippen LogP contribution >= 0.6 is 0 Å². The van der Waals surface area contributed by atoms with Crippen LogP contribution in [0.2, 0.25) is 0 Å². The Labute approximate surface area is 90.7 Å². The quantitative estimate of drug-likeness (QED) is 0.711. The van der Waals surface area contributed by atoms with Crippen molar-refractivity contribution in [3.8, 4) is 0 Å². The van der Waals surface area contributed by atoms with E-state index in [9.17, 15) is 0 Å². The van der Waals surface area contributed by atoms with Gasteiger partial charge in [0.15, 0.2) is 0 Å². The normalized spacial score (nSPS) is 13.1. The lowest BCUT2D eigenvalue weighted by Crippen LogP contribution is -2.36. The third-order valence-electron chi connectivity index (χ3n) is 2.49. The second-order valence-electron chi connectivity index (χ2n) is 3.36. The molecule has 15 heavy (non-hydrogen) atoms. The molecule has 0 saturated carbocycles. The number of rotatable bonds is 6. The molecular formula is C11H19N3O. The van der Waals surface area contributed by atoms with Crippen molar-refractivity contribution in [2.75, 3.05) is 26.2 Å². The Morgan fingerprint density at radius 2 is 2.33 bits per heavy atom. The van der Waals surface area contributed by atoms with Crippen molar-refractivity contribution >= 4 is 0 Å². The number of nitrogens with zero attached hydrogens (tertiary/aromatic N) is 2. The number of hydrogen-bond donors (Lipinski definition) is 2. The number of hydrogen-bond acceptors (Lipinski definition) is 4. The first-order valence-electron chi connectivity index (χ1n) is 5.29. The molecule has 1 atom stereocenters. The number of nitrogens with two attached hydrogens (primary N) is 1. The Kier molecular flexibility index (Phi) is 5.25. The molecule has 0 amide bonds. The van der Waals surface area contributed by atoms with E-state index in [4.69, 9.17) is 10.8 Å². The van der Waals surface area contributed by atoms with Gasteiger partial charge in [-0.05, 0) is 18.7 Å². The minimum atomic E-state index is 0.100. The fourth-order valence-corrected chi connectivity index (χ4v) is 1.69. The number of aliphatic hydroxyl groups is 1. The van der Waals surface area contributed by atoms with Crippen LogP contribution in [0.25, 0.3) is 0 Å². The summed E-state index contributed by atoms with van der Waals surface area (Å²) in [5.41, 5.74) is 6.72. The van der Waals surface area contributed by atoms with Gasteiger partial charge in [0.25, 0.3) is 0 Å². The van der Waals surface area contributed by atoms with Crippen molar-refractivity contribution in [3.63, 3.8) is 0 Å². The molecule has 1 rings (SSSR count). The third kappa shape index (κ3) is 3.27. The fourth-order valence-electron chi connectivity index (χ4n) is 1.69. The van der Waals surface area contributed by atoms with Gasteiger partial charge in [-0.2, -0.15) is 0 Å². The molecule has 1 aromatic heterocycles. The number of aliphatic hydroxyl groups excluding tert-OH is 1. The van der Waals surface area contributed by atoms with Crippen LogP contribution < -0.4 is 5.73 Å². The van der Waals surface area contributed by atoms with Gasteiger partial charge >= 0.3 is 0 Å². The van der Waals surface area contributed by atoms with Crippen molar-refractivity contribution in [2.45, 2.75) is 13.0 Å². The van der Waals surface area contributed by atoms with E-state index in [1.165, 1.54) is 0 Å². The lowest BCUT2D eigenvalue weighted by Gasteiger charge is -2.28. The van der Waals surface area contributed by atoms with Crippen molar-refractivity contribution < 1.29 is 5.11 Å². The van der Waals surface area contributed by atoms with Gasteiger partial charge < -0.3 is 10.8 Å². The van der Waals surface area contributed by atoms with Gasteiger partial charge in [-0.1, -0.05) is 13.0 Å². The van der Waals surface area contributed by atoms with Gasteiger partial charge in [0, 0.05) is 19.3 Å². The maximum atomic E-state index is 8.96. The Morgan fingerprint density at radius 1 is 1.53 bits per heavy atom. The molecule has 0 radical (unpaired) electrons. The second-order valence-corrected chi connectivity index (χ2v) is 3.36. The van der Waals surface area contributed by atoms with Gasteiger partial charge in [0.1, 0.15) is 0 Å². The molecule has 4 heteroatoms. The molecule has 4 nitrogen and oxygen atoms in total. The first kappa shape index (κ1) is 12.1. The summed E-state index contributed by atoms with van der Waals surface area (Å²) in [5, 5.41) is 8.96. The summed E-state index contributed by atoms with van der Waals surface area (Å²) in [4.78, 5) is 6.43. The zero-order chi connectivity index (χ0) is 11.1. The molecular weight excluding hydrogens is 190 g/mol. The molecule has 0 aliphatic heterocycles. The molecule has 0 fully saturated rings. The molecule has 84 valence electrons. The van der Waals surface area contributed by atoms with Crippen molar-refractivity contribution in [1.29, 1.82) is 0 Å². The summed E-state index contributed by atoms with van der Waals surface area (Å²) in [6.07, 6.45) is 1.77. The zero-order valence-corrected chi connectivity index (χ0v) is 9.13. The fraction of sp³-hybridized carbons (Fsp3) is 0.545. The molecule has 1 aromatic rings. The standard InChI is InChI=1S/C11H19N3O/c1-2-14(7-8-15)11(9-12)10-5-3-4-6-13-10/h3-6,11,15H,2,7-9,12H2,1H3. The Bertz CT molecular complexity index is 266. The van der Waals surface area contributed by atoms with Gasteiger partial charge in [0.2, 0.25) is 0 Å². The third-order valence-corrected chi connectivity index (χ3v) is 2.49. The predicted octanol–water partition coefficient (Wildman–Crippen LogP) is 0.396. The summed E-state index contributed by atoms with van der Waals surface area (Å²) in [6.45, 7) is 4.22. The highest BCUT2D eigenvalue weighted by Crippen LogP contribution is 2.16. The minimum absolute atomic E-state index is 0.100. The number of pyridine rings is 1. The highest BCUT2D eigenvalue weighted by Gasteiger charge is 2.17. The average Bonchev–Trinajstić information content (AvgIpc) is 2.30. The number of aromatic nitrogens is 1. The van der Waals surface area contributed by atoms with E-state index >= 15 is 0 Å². The highest BCUT2D eigenvalue weighted by molar-refractivity contribution is 5.09. The molecule has 1 heterocycles.